The molecule has 0 bridgehead atoms. The third kappa shape index (κ3) is 4.67. The summed E-state index contributed by atoms with van der Waals surface area (Å²) in [5, 5.41) is 6.02. The monoisotopic (exact) mass is 312 g/mol. The Morgan fingerprint density at radius 1 is 1.45 bits per heavy atom. The minimum atomic E-state index is -0.236. The number of rotatable bonds is 7. The summed E-state index contributed by atoms with van der Waals surface area (Å²) >= 11 is 7.44. The molecule has 2 aromatic heterocycles. The second kappa shape index (κ2) is 7.47. The summed E-state index contributed by atoms with van der Waals surface area (Å²) in [4.78, 5) is 13.1. The van der Waals surface area contributed by atoms with Crippen LogP contribution in [-0.2, 0) is 17.8 Å². The third-order valence-electron chi connectivity index (χ3n) is 2.86. The van der Waals surface area contributed by atoms with Gasteiger partial charge in [0.05, 0.1) is 23.2 Å². The topological polar surface area (TPSA) is 54.3 Å². The number of nitrogens with one attached hydrogen (secondary N) is 2. The normalized spacial score (nSPS) is 12.3. The largest absolute Gasteiger partial charge is 0.467 e. The number of furan rings is 1. The maximum absolute atomic E-state index is 11.9. The zero-order chi connectivity index (χ0) is 14.4. The molecule has 0 aliphatic heterocycles. The number of halogens is 1. The highest BCUT2D eigenvalue weighted by atomic mass is 35.5. The van der Waals surface area contributed by atoms with Crippen LogP contribution in [0.3, 0.4) is 0 Å². The first kappa shape index (κ1) is 15.1. The summed E-state index contributed by atoms with van der Waals surface area (Å²) in [6.07, 6.45) is 2.46. The number of amides is 1. The van der Waals surface area contributed by atoms with Crippen LogP contribution in [-0.4, -0.2) is 18.5 Å². The van der Waals surface area contributed by atoms with Crippen molar-refractivity contribution in [2.45, 2.75) is 25.9 Å². The standard InChI is InChI=1S/C14H17ClN2O2S/c1-10(14(18)17-9-11-3-2-8-19-11)16-7-6-12-4-5-13(15)20-12/h2-5,8,10,16H,6-7,9H2,1H3,(H,17,18). The van der Waals surface area contributed by atoms with Crippen molar-refractivity contribution in [1.29, 1.82) is 0 Å². The Morgan fingerprint density at radius 3 is 2.95 bits per heavy atom. The van der Waals surface area contributed by atoms with Crippen LogP contribution in [0.15, 0.2) is 34.9 Å². The van der Waals surface area contributed by atoms with Crippen LogP contribution in [0.25, 0.3) is 0 Å². The molecular weight excluding hydrogens is 296 g/mol. The van der Waals surface area contributed by atoms with Gasteiger partial charge < -0.3 is 15.1 Å². The van der Waals surface area contributed by atoms with Gasteiger partial charge in [0, 0.05) is 11.4 Å². The molecular formula is C14H17ClN2O2S. The van der Waals surface area contributed by atoms with Crippen LogP contribution in [0.2, 0.25) is 4.34 Å². The summed E-state index contributed by atoms with van der Waals surface area (Å²) in [5.74, 6) is 0.712. The predicted octanol–water partition coefficient (Wildman–Crippen LogP) is 2.83. The zero-order valence-corrected chi connectivity index (χ0v) is 12.8. The first-order chi connectivity index (χ1) is 9.65. The molecule has 6 heteroatoms. The van der Waals surface area contributed by atoms with E-state index in [0.29, 0.717) is 6.54 Å². The summed E-state index contributed by atoms with van der Waals surface area (Å²) in [6, 6.07) is 7.30. The number of carbonyl (C=O) groups is 1. The minimum absolute atomic E-state index is 0.0365. The first-order valence-electron chi connectivity index (χ1n) is 6.43. The van der Waals surface area contributed by atoms with Gasteiger partial charge in [-0.15, -0.1) is 11.3 Å². The molecule has 108 valence electrons. The summed E-state index contributed by atoms with van der Waals surface area (Å²) in [5.41, 5.74) is 0. The lowest BCUT2D eigenvalue weighted by Crippen LogP contribution is -2.42. The van der Waals surface area contributed by atoms with Crippen molar-refractivity contribution in [3.63, 3.8) is 0 Å². The first-order valence-corrected chi connectivity index (χ1v) is 7.62. The highest BCUT2D eigenvalue weighted by Gasteiger charge is 2.12. The average Bonchev–Trinajstić information content (AvgIpc) is 3.07. The Bertz CT molecular complexity index is 539. The highest BCUT2D eigenvalue weighted by molar-refractivity contribution is 7.16. The van der Waals surface area contributed by atoms with E-state index in [4.69, 9.17) is 16.0 Å². The zero-order valence-electron chi connectivity index (χ0n) is 11.2. The molecule has 2 aromatic rings. The van der Waals surface area contributed by atoms with Crippen LogP contribution >= 0.6 is 22.9 Å². The molecule has 0 aliphatic rings. The molecule has 20 heavy (non-hydrogen) atoms. The maximum Gasteiger partial charge on any atom is 0.237 e. The molecule has 0 spiro atoms. The van der Waals surface area contributed by atoms with E-state index in [-0.39, 0.29) is 11.9 Å². The fourth-order valence-electron chi connectivity index (χ4n) is 1.73. The molecule has 0 aromatic carbocycles. The van der Waals surface area contributed by atoms with Crippen LogP contribution in [0.5, 0.6) is 0 Å². The van der Waals surface area contributed by atoms with Gasteiger partial charge in [-0.3, -0.25) is 4.79 Å². The average molecular weight is 313 g/mol. The maximum atomic E-state index is 11.9. The molecule has 0 saturated heterocycles. The molecule has 2 N–H and O–H groups in total. The van der Waals surface area contributed by atoms with Gasteiger partial charge in [0.25, 0.3) is 0 Å². The number of carbonyl (C=O) groups excluding carboxylic acids is 1. The summed E-state index contributed by atoms with van der Waals surface area (Å²) < 4.78 is 5.95. The van der Waals surface area contributed by atoms with Crippen molar-refractivity contribution >= 4 is 28.8 Å². The van der Waals surface area contributed by atoms with Gasteiger partial charge in [0.2, 0.25) is 5.91 Å². The molecule has 0 saturated carbocycles. The van der Waals surface area contributed by atoms with Gasteiger partial charge in [-0.05, 0) is 37.6 Å². The third-order valence-corrected chi connectivity index (χ3v) is 4.15. The van der Waals surface area contributed by atoms with E-state index < -0.39 is 0 Å². The lowest BCUT2D eigenvalue weighted by molar-refractivity contribution is -0.123. The van der Waals surface area contributed by atoms with E-state index in [9.17, 15) is 4.79 Å². The summed E-state index contributed by atoms with van der Waals surface area (Å²) in [7, 11) is 0. The van der Waals surface area contributed by atoms with E-state index in [1.54, 1.807) is 23.7 Å². The van der Waals surface area contributed by atoms with Gasteiger partial charge in [0.15, 0.2) is 0 Å². The molecule has 1 amide bonds. The van der Waals surface area contributed by atoms with Crippen molar-refractivity contribution in [1.82, 2.24) is 10.6 Å². The summed E-state index contributed by atoms with van der Waals surface area (Å²) in [6.45, 7) is 3.00. The molecule has 0 aliphatic carbocycles. The van der Waals surface area contributed by atoms with Crippen molar-refractivity contribution in [3.05, 3.63) is 45.5 Å². The predicted molar refractivity (Wildman–Crippen MR) is 81.1 cm³/mol. The van der Waals surface area contributed by atoms with Gasteiger partial charge in [-0.25, -0.2) is 0 Å². The van der Waals surface area contributed by atoms with Gasteiger partial charge >= 0.3 is 0 Å². The van der Waals surface area contributed by atoms with E-state index in [1.807, 2.05) is 25.1 Å². The Labute approximate surface area is 127 Å². The van der Waals surface area contributed by atoms with Crippen molar-refractivity contribution in [2.75, 3.05) is 6.54 Å². The quantitative estimate of drug-likeness (QED) is 0.826. The molecule has 4 nitrogen and oxygen atoms in total. The second-order valence-corrected chi connectivity index (χ2v) is 6.23. The van der Waals surface area contributed by atoms with E-state index in [1.165, 1.54) is 4.88 Å². The molecule has 0 radical (unpaired) electrons. The van der Waals surface area contributed by atoms with E-state index >= 15 is 0 Å². The van der Waals surface area contributed by atoms with Crippen molar-refractivity contribution in [3.8, 4) is 0 Å². The molecule has 2 heterocycles. The Balaban J connectivity index is 1.66. The van der Waals surface area contributed by atoms with Gasteiger partial charge in [-0.2, -0.15) is 0 Å². The van der Waals surface area contributed by atoms with Crippen molar-refractivity contribution < 1.29 is 9.21 Å². The van der Waals surface area contributed by atoms with E-state index in [2.05, 4.69) is 10.6 Å². The van der Waals surface area contributed by atoms with Crippen LogP contribution < -0.4 is 10.6 Å². The molecule has 1 unspecified atom stereocenters. The molecule has 2 rings (SSSR count). The van der Waals surface area contributed by atoms with Gasteiger partial charge in [0.1, 0.15) is 5.76 Å². The molecule has 1 atom stereocenters. The fraction of sp³-hybridized carbons (Fsp3) is 0.357. The lowest BCUT2D eigenvalue weighted by atomic mass is 10.2. The van der Waals surface area contributed by atoms with Crippen LogP contribution in [0, 0.1) is 0 Å². The Morgan fingerprint density at radius 2 is 2.30 bits per heavy atom. The lowest BCUT2D eigenvalue weighted by Gasteiger charge is -2.13. The van der Waals surface area contributed by atoms with Crippen LogP contribution in [0.1, 0.15) is 17.6 Å². The fourth-order valence-corrected chi connectivity index (χ4v) is 2.82. The van der Waals surface area contributed by atoms with Crippen LogP contribution in [0.4, 0.5) is 0 Å². The SMILES string of the molecule is CC(NCCc1ccc(Cl)s1)C(=O)NCc1ccco1. The number of hydrogen-bond acceptors (Lipinski definition) is 4. The number of hydrogen-bond donors (Lipinski definition) is 2. The Kier molecular flexibility index (Phi) is 5.64. The smallest absolute Gasteiger partial charge is 0.237 e. The van der Waals surface area contributed by atoms with Crippen molar-refractivity contribution in [2.24, 2.45) is 0 Å². The number of thiophene rings is 1. The van der Waals surface area contributed by atoms with E-state index in [0.717, 1.165) is 23.1 Å². The minimum Gasteiger partial charge on any atom is -0.467 e. The van der Waals surface area contributed by atoms with Gasteiger partial charge in [-0.1, -0.05) is 11.6 Å². The second-order valence-electron chi connectivity index (χ2n) is 4.43. The Hall–Kier alpha value is -1.30. The highest BCUT2D eigenvalue weighted by Crippen LogP contribution is 2.21. The molecule has 0 fully saturated rings.